The molecule has 1 aliphatic heterocycles. The molecule has 2 amide bonds. The summed E-state index contributed by atoms with van der Waals surface area (Å²) in [6.07, 6.45) is -2.82. The van der Waals surface area contributed by atoms with Crippen LogP contribution in [0.3, 0.4) is 0 Å². The average molecular weight is 407 g/mol. The number of ether oxygens (including phenoxy) is 1. The maximum absolute atomic E-state index is 12.9. The molecule has 1 aliphatic rings. The van der Waals surface area contributed by atoms with Gasteiger partial charge in [-0.15, -0.1) is 0 Å². The summed E-state index contributed by atoms with van der Waals surface area (Å²) < 4.78 is 41.2. The number of likely N-dealkylation sites (N-methyl/N-ethyl adjacent to an activating group) is 1. The van der Waals surface area contributed by atoms with Gasteiger partial charge in [0.25, 0.3) is 5.91 Å². The van der Waals surface area contributed by atoms with Crippen LogP contribution in [0.15, 0.2) is 48.7 Å². The Hall–Kier alpha value is -3.10. The Morgan fingerprint density at radius 3 is 2.55 bits per heavy atom. The second-order valence-corrected chi connectivity index (χ2v) is 6.51. The number of alkyl halides is 3. The summed E-state index contributed by atoms with van der Waals surface area (Å²) >= 11 is 0. The highest BCUT2D eigenvalue weighted by Crippen LogP contribution is 2.25. The van der Waals surface area contributed by atoms with E-state index in [0.29, 0.717) is 19.5 Å². The third-order valence-corrected chi connectivity index (χ3v) is 4.59. The molecule has 1 atom stereocenters. The van der Waals surface area contributed by atoms with Gasteiger partial charge in [-0.1, -0.05) is 18.2 Å². The van der Waals surface area contributed by atoms with Crippen molar-refractivity contribution in [1.29, 1.82) is 0 Å². The van der Waals surface area contributed by atoms with Gasteiger partial charge in [-0.25, -0.2) is 4.98 Å². The number of nitrogens with zero attached hydrogens (tertiary/aromatic N) is 3. The Morgan fingerprint density at radius 2 is 1.97 bits per heavy atom. The molecule has 154 valence electrons. The van der Waals surface area contributed by atoms with Crippen molar-refractivity contribution in [2.75, 3.05) is 24.6 Å². The van der Waals surface area contributed by atoms with Gasteiger partial charge >= 0.3 is 6.18 Å². The molecule has 9 heteroatoms. The van der Waals surface area contributed by atoms with E-state index < -0.39 is 24.7 Å². The zero-order valence-corrected chi connectivity index (χ0v) is 15.7. The van der Waals surface area contributed by atoms with Crippen molar-refractivity contribution in [3.8, 4) is 5.88 Å². The number of hydrogen-bond acceptors (Lipinski definition) is 4. The molecule has 1 saturated heterocycles. The highest BCUT2D eigenvalue weighted by Gasteiger charge is 2.38. The molecule has 2 aromatic rings. The second-order valence-electron chi connectivity index (χ2n) is 6.51. The van der Waals surface area contributed by atoms with Crippen LogP contribution in [0.25, 0.3) is 0 Å². The first-order valence-electron chi connectivity index (χ1n) is 9.13. The Kier molecular flexibility index (Phi) is 6.05. The van der Waals surface area contributed by atoms with E-state index >= 15 is 0 Å². The lowest BCUT2D eigenvalue weighted by molar-refractivity contribution is -0.154. The van der Waals surface area contributed by atoms with Crippen molar-refractivity contribution in [3.63, 3.8) is 0 Å². The van der Waals surface area contributed by atoms with Gasteiger partial charge < -0.3 is 14.5 Å². The third-order valence-electron chi connectivity index (χ3n) is 4.59. The standard InChI is InChI=1S/C20H20F3N3O3/c1-2-25(16-10-11-26(19(16)28)15-6-4-3-5-7-15)18(27)14-8-9-17(24-12-14)29-13-20(21,22)23/h3-9,12,16H,2,10-11,13H2,1H3/t16-/m0/s1. The van der Waals surface area contributed by atoms with Crippen LogP contribution in [-0.2, 0) is 4.79 Å². The van der Waals surface area contributed by atoms with E-state index in [0.717, 1.165) is 11.9 Å². The fourth-order valence-corrected chi connectivity index (χ4v) is 3.24. The fourth-order valence-electron chi connectivity index (χ4n) is 3.24. The number of amides is 2. The quantitative estimate of drug-likeness (QED) is 0.737. The Bertz CT molecular complexity index is 857. The molecule has 2 heterocycles. The number of pyridine rings is 1. The van der Waals surface area contributed by atoms with Gasteiger partial charge in [0, 0.05) is 31.0 Å². The number of halogens is 3. The zero-order chi connectivity index (χ0) is 21.0. The molecule has 1 aromatic carbocycles. The number of para-hydroxylation sites is 1. The minimum absolute atomic E-state index is 0.163. The first-order chi connectivity index (χ1) is 13.8. The molecule has 0 unspecified atom stereocenters. The molecule has 1 aromatic heterocycles. The summed E-state index contributed by atoms with van der Waals surface area (Å²) in [6.45, 7) is 1.12. The van der Waals surface area contributed by atoms with Crippen LogP contribution in [0.1, 0.15) is 23.7 Å². The van der Waals surface area contributed by atoms with Crippen LogP contribution in [0.5, 0.6) is 5.88 Å². The highest BCUT2D eigenvalue weighted by molar-refractivity contribution is 6.03. The zero-order valence-electron chi connectivity index (χ0n) is 15.7. The van der Waals surface area contributed by atoms with E-state index in [1.165, 1.54) is 17.0 Å². The van der Waals surface area contributed by atoms with Crippen molar-refractivity contribution in [2.24, 2.45) is 0 Å². The largest absolute Gasteiger partial charge is 0.468 e. The molecular weight excluding hydrogens is 387 g/mol. The van der Waals surface area contributed by atoms with Gasteiger partial charge in [0.2, 0.25) is 11.8 Å². The van der Waals surface area contributed by atoms with E-state index in [2.05, 4.69) is 9.72 Å². The summed E-state index contributed by atoms with van der Waals surface area (Å²) in [5, 5.41) is 0. The molecule has 0 bridgehead atoms. The van der Waals surface area contributed by atoms with Gasteiger partial charge in [0.1, 0.15) is 6.04 Å². The van der Waals surface area contributed by atoms with E-state index in [1.807, 2.05) is 30.3 Å². The number of carbonyl (C=O) groups is 2. The molecule has 29 heavy (non-hydrogen) atoms. The lowest BCUT2D eigenvalue weighted by Crippen LogP contribution is -2.45. The Morgan fingerprint density at radius 1 is 1.24 bits per heavy atom. The van der Waals surface area contributed by atoms with E-state index in [9.17, 15) is 22.8 Å². The van der Waals surface area contributed by atoms with Crippen LogP contribution in [0.2, 0.25) is 0 Å². The number of anilines is 1. The molecule has 3 rings (SSSR count). The average Bonchev–Trinajstić information content (AvgIpc) is 3.09. The molecular formula is C20H20F3N3O3. The molecule has 0 spiro atoms. The number of hydrogen-bond donors (Lipinski definition) is 0. The first kappa shape index (κ1) is 20.6. The van der Waals surface area contributed by atoms with Crippen LogP contribution in [0, 0.1) is 0 Å². The normalized spacial score (nSPS) is 16.8. The van der Waals surface area contributed by atoms with Crippen molar-refractivity contribution in [3.05, 3.63) is 54.2 Å². The third kappa shape index (κ3) is 4.85. The van der Waals surface area contributed by atoms with Gasteiger partial charge in [0.05, 0.1) is 5.56 Å². The monoisotopic (exact) mass is 407 g/mol. The van der Waals surface area contributed by atoms with Crippen molar-refractivity contribution < 1.29 is 27.5 Å². The smallest absolute Gasteiger partial charge is 0.422 e. The number of aromatic nitrogens is 1. The molecule has 0 aliphatic carbocycles. The summed E-state index contributed by atoms with van der Waals surface area (Å²) in [5.74, 6) is -0.797. The topological polar surface area (TPSA) is 62.7 Å². The van der Waals surface area contributed by atoms with Gasteiger partial charge in [-0.05, 0) is 31.5 Å². The molecule has 0 N–H and O–H groups in total. The number of rotatable bonds is 6. The maximum Gasteiger partial charge on any atom is 0.422 e. The van der Waals surface area contributed by atoms with Crippen LogP contribution in [-0.4, -0.2) is 53.6 Å². The highest BCUT2D eigenvalue weighted by atomic mass is 19.4. The van der Waals surface area contributed by atoms with Crippen LogP contribution >= 0.6 is 0 Å². The van der Waals surface area contributed by atoms with E-state index in [-0.39, 0.29) is 17.4 Å². The first-order valence-corrected chi connectivity index (χ1v) is 9.13. The van der Waals surface area contributed by atoms with Crippen LogP contribution < -0.4 is 9.64 Å². The van der Waals surface area contributed by atoms with E-state index in [1.54, 1.807) is 11.8 Å². The van der Waals surface area contributed by atoms with Gasteiger partial charge in [0.15, 0.2) is 6.61 Å². The molecule has 6 nitrogen and oxygen atoms in total. The second kappa shape index (κ2) is 8.50. The van der Waals surface area contributed by atoms with Crippen LogP contribution in [0.4, 0.5) is 18.9 Å². The van der Waals surface area contributed by atoms with Crippen molar-refractivity contribution in [1.82, 2.24) is 9.88 Å². The Labute approximate surface area is 165 Å². The number of carbonyl (C=O) groups excluding carboxylic acids is 2. The number of benzene rings is 1. The summed E-state index contributed by atoms with van der Waals surface area (Å²) in [5.41, 5.74) is 0.952. The lowest BCUT2D eigenvalue weighted by atomic mass is 10.1. The predicted molar refractivity (Wildman–Crippen MR) is 99.7 cm³/mol. The Balaban J connectivity index is 1.70. The fraction of sp³-hybridized carbons (Fsp3) is 0.350. The maximum atomic E-state index is 12.9. The summed E-state index contributed by atoms with van der Waals surface area (Å²) in [6, 6.07) is 11.2. The van der Waals surface area contributed by atoms with Crippen molar-refractivity contribution in [2.45, 2.75) is 25.6 Å². The minimum atomic E-state index is -4.47. The predicted octanol–water partition coefficient (Wildman–Crippen LogP) is 3.29. The van der Waals surface area contributed by atoms with Gasteiger partial charge in [-0.3, -0.25) is 9.59 Å². The summed E-state index contributed by atoms with van der Waals surface area (Å²) in [4.78, 5) is 32.6. The van der Waals surface area contributed by atoms with E-state index in [4.69, 9.17) is 0 Å². The molecule has 0 radical (unpaired) electrons. The summed E-state index contributed by atoms with van der Waals surface area (Å²) in [7, 11) is 0. The van der Waals surface area contributed by atoms with Gasteiger partial charge in [-0.2, -0.15) is 13.2 Å². The molecule has 1 fully saturated rings. The van der Waals surface area contributed by atoms with Crippen molar-refractivity contribution >= 4 is 17.5 Å². The lowest BCUT2D eigenvalue weighted by Gasteiger charge is -2.27. The SMILES string of the molecule is CCN(C(=O)c1ccc(OCC(F)(F)F)nc1)[C@H]1CCN(c2ccccc2)C1=O. The molecule has 0 saturated carbocycles. The minimum Gasteiger partial charge on any atom is -0.468 e.